The van der Waals surface area contributed by atoms with Crippen molar-refractivity contribution in [2.75, 3.05) is 6.61 Å². The molecule has 0 fully saturated rings. The predicted molar refractivity (Wildman–Crippen MR) is 65.5 cm³/mol. The van der Waals surface area contributed by atoms with Crippen LogP contribution in [0.15, 0.2) is 0 Å². The van der Waals surface area contributed by atoms with Crippen LogP contribution in [0.4, 0.5) is 0 Å². The highest BCUT2D eigenvalue weighted by Gasteiger charge is 2.35. The molecule has 11 nitrogen and oxygen atoms in total. The van der Waals surface area contributed by atoms with E-state index in [0.29, 0.717) is 6.42 Å². The van der Waals surface area contributed by atoms with Crippen molar-refractivity contribution in [1.29, 1.82) is 0 Å². The number of hydrogen-bond donors (Lipinski definition) is 6. The van der Waals surface area contributed by atoms with E-state index >= 15 is 0 Å². The summed E-state index contributed by atoms with van der Waals surface area (Å²) in [7, 11) is -4.67. The molecule has 0 aromatic carbocycles. The Labute approximate surface area is 120 Å². The zero-order valence-corrected chi connectivity index (χ0v) is 11.8. The van der Waals surface area contributed by atoms with Crippen molar-refractivity contribution in [3.05, 3.63) is 0 Å². The predicted octanol–water partition coefficient (Wildman–Crippen LogP) is -3.07. The number of aliphatic hydroxyl groups is 4. The zero-order chi connectivity index (χ0) is 17.2. The molecule has 12 heteroatoms. The van der Waals surface area contributed by atoms with E-state index in [0.717, 1.165) is 0 Å². The molecule has 0 aliphatic heterocycles. The van der Waals surface area contributed by atoms with Gasteiger partial charge in [-0.15, -0.1) is 0 Å². The monoisotopic (exact) mass is 334 g/mol. The highest BCUT2D eigenvalue weighted by Crippen LogP contribution is 2.05. The molecule has 0 saturated heterocycles. The van der Waals surface area contributed by atoms with Gasteiger partial charge in [0.25, 0.3) is 0 Å². The van der Waals surface area contributed by atoms with E-state index in [9.17, 15) is 19.8 Å². The average molecular weight is 334 g/mol. The van der Waals surface area contributed by atoms with Gasteiger partial charge in [-0.3, -0.25) is 9.11 Å². The Kier molecular flexibility index (Phi) is 11.1. The Balaban J connectivity index is 0. The lowest BCUT2D eigenvalue weighted by atomic mass is 10.0. The minimum atomic E-state index is -4.67. The summed E-state index contributed by atoms with van der Waals surface area (Å²) in [5.41, 5.74) is 0. The molecule has 0 unspecified atom stereocenters. The third kappa shape index (κ3) is 12.3. The molecule has 126 valence electrons. The van der Waals surface area contributed by atoms with Crippen molar-refractivity contribution < 1.29 is 52.3 Å². The zero-order valence-electron chi connectivity index (χ0n) is 10.9. The summed E-state index contributed by atoms with van der Waals surface area (Å²) in [6, 6.07) is 0. The third-order valence-corrected chi connectivity index (χ3v) is 1.85. The number of rotatable bonds is 7. The van der Waals surface area contributed by atoms with Crippen LogP contribution in [0.2, 0.25) is 0 Å². The lowest BCUT2D eigenvalue weighted by Crippen LogP contribution is -2.48. The lowest BCUT2D eigenvalue weighted by Gasteiger charge is -2.22. The molecule has 0 radical (unpaired) electrons. The van der Waals surface area contributed by atoms with E-state index in [4.69, 9.17) is 27.7 Å². The van der Waals surface area contributed by atoms with E-state index in [2.05, 4.69) is 4.74 Å². The normalized spacial score (nSPS) is 16.7. The maximum atomic E-state index is 11.0. The molecule has 0 saturated carbocycles. The number of carbonyl (C=O) groups is 2. The fraction of sp³-hybridized carbons (Fsp3) is 0.778. The van der Waals surface area contributed by atoms with Crippen LogP contribution >= 0.6 is 0 Å². The van der Waals surface area contributed by atoms with Gasteiger partial charge in [0.2, 0.25) is 0 Å². The number of hydrogen-bond acceptors (Lipinski definition) is 9. The molecule has 21 heavy (non-hydrogen) atoms. The number of esters is 1. The summed E-state index contributed by atoms with van der Waals surface area (Å²) in [5.74, 6) is -1.12. The smallest absolute Gasteiger partial charge is 0.394 e. The van der Waals surface area contributed by atoms with Crippen LogP contribution in [0, 0.1) is 0 Å². The first-order valence-electron chi connectivity index (χ1n) is 5.49. The van der Waals surface area contributed by atoms with Crippen molar-refractivity contribution in [3.63, 3.8) is 0 Å². The van der Waals surface area contributed by atoms with Gasteiger partial charge in [-0.25, -0.2) is 4.79 Å². The summed E-state index contributed by atoms with van der Waals surface area (Å²) in [6.07, 6.45) is -7.28. The topological polar surface area (TPSA) is 199 Å². The quantitative estimate of drug-likeness (QED) is 0.157. The fourth-order valence-electron chi connectivity index (χ4n) is 0.897. The van der Waals surface area contributed by atoms with Gasteiger partial charge in [0.15, 0.2) is 12.4 Å². The van der Waals surface area contributed by atoms with Gasteiger partial charge in [-0.05, 0) is 6.42 Å². The van der Waals surface area contributed by atoms with Crippen molar-refractivity contribution in [2.45, 2.75) is 37.8 Å². The molecule has 0 spiro atoms. The van der Waals surface area contributed by atoms with Gasteiger partial charge in [-0.1, -0.05) is 6.92 Å². The van der Waals surface area contributed by atoms with Crippen molar-refractivity contribution >= 4 is 22.7 Å². The van der Waals surface area contributed by atoms with Crippen molar-refractivity contribution in [1.82, 2.24) is 0 Å². The molecular formula is C9H18O11S. The van der Waals surface area contributed by atoms with Gasteiger partial charge < -0.3 is 30.0 Å². The first-order valence-corrected chi connectivity index (χ1v) is 6.89. The van der Waals surface area contributed by atoms with Crippen LogP contribution in [0.25, 0.3) is 0 Å². The summed E-state index contributed by atoms with van der Waals surface area (Å²) < 4.78 is 36.1. The number of carbonyl (C=O) groups excluding carboxylic acids is 2. The van der Waals surface area contributed by atoms with E-state index in [1.165, 1.54) is 0 Å². The summed E-state index contributed by atoms with van der Waals surface area (Å²) >= 11 is 0. The lowest BCUT2D eigenvalue weighted by molar-refractivity contribution is -0.169. The van der Waals surface area contributed by atoms with E-state index in [1.54, 1.807) is 6.92 Å². The fourth-order valence-corrected chi connectivity index (χ4v) is 0.897. The maximum absolute atomic E-state index is 11.0. The first-order chi connectivity index (χ1) is 9.45. The molecule has 0 rings (SSSR count). The molecule has 0 aromatic heterocycles. The Bertz CT molecular complexity index is 398. The standard InChI is InChI=1S/C9H16O7.H2O4S/c1-2-3-16-9(15)8(14)7(13)6(12)5(11)4-10;1-5(2,3)4/h4-8,11-14H,2-3H2,1H3;(H2,1,2,3,4)/t5-,6-,7+,8-;/m0./s1. The molecule has 0 aliphatic carbocycles. The summed E-state index contributed by atoms with van der Waals surface area (Å²) in [6.45, 7) is 1.80. The summed E-state index contributed by atoms with van der Waals surface area (Å²) in [4.78, 5) is 21.1. The van der Waals surface area contributed by atoms with Crippen LogP contribution in [0.1, 0.15) is 13.3 Å². The SMILES string of the molecule is CCCOC(=O)[C@@H](O)[C@H](O)[C@@H](O)[C@@H](O)C=O.O=S(=O)(O)O. The van der Waals surface area contributed by atoms with Crippen molar-refractivity contribution in [2.24, 2.45) is 0 Å². The highest BCUT2D eigenvalue weighted by atomic mass is 32.3. The molecule has 6 N–H and O–H groups in total. The molecule has 4 atom stereocenters. The summed E-state index contributed by atoms with van der Waals surface area (Å²) in [5, 5.41) is 36.4. The first kappa shape index (κ1) is 22.1. The van der Waals surface area contributed by atoms with Gasteiger partial charge in [0.05, 0.1) is 6.61 Å². The molecule has 0 aromatic rings. The Hall–Kier alpha value is -1.15. The van der Waals surface area contributed by atoms with Gasteiger partial charge >= 0.3 is 16.4 Å². The van der Waals surface area contributed by atoms with Crippen LogP contribution in [0.5, 0.6) is 0 Å². The second-order valence-corrected chi connectivity index (χ2v) is 4.56. The number of ether oxygens (including phenoxy) is 1. The van der Waals surface area contributed by atoms with Gasteiger partial charge in [0, 0.05) is 0 Å². The van der Waals surface area contributed by atoms with Crippen molar-refractivity contribution in [3.8, 4) is 0 Å². The van der Waals surface area contributed by atoms with E-state index in [-0.39, 0.29) is 12.9 Å². The molecule has 0 heterocycles. The highest BCUT2D eigenvalue weighted by molar-refractivity contribution is 7.79. The second-order valence-electron chi connectivity index (χ2n) is 3.67. The minimum Gasteiger partial charge on any atom is -0.464 e. The van der Waals surface area contributed by atoms with Crippen LogP contribution in [-0.4, -0.2) is 81.2 Å². The third-order valence-electron chi connectivity index (χ3n) is 1.85. The second kappa shape index (κ2) is 10.6. The Morgan fingerprint density at radius 2 is 1.57 bits per heavy atom. The molecular weight excluding hydrogens is 316 g/mol. The van der Waals surface area contributed by atoms with Gasteiger partial charge in [0.1, 0.15) is 18.3 Å². The van der Waals surface area contributed by atoms with Crippen LogP contribution in [-0.2, 0) is 24.7 Å². The van der Waals surface area contributed by atoms with Crippen LogP contribution < -0.4 is 0 Å². The van der Waals surface area contributed by atoms with Gasteiger partial charge in [-0.2, -0.15) is 8.42 Å². The molecule has 0 amide bonds. The Morgan fingerprint density at radius 1 is 1.14 bits per heavy atom. The average Bonchev–Trinajstić information content (AvgIpc) is 2.39. The van der Waals surface area contributed by atoms with Crippen LogP contribution in [0.3, 0.4) is 0 Å². The van der Waals surface area contributed by atoms with E-state index < -0.39 is 40.8 Å². The van der Waals surface area contributed by atoms with E-state index in [1.807, 2.05) is 0 Å². The largest absolute Gasteiger partial charge is 0.464 e. The molecule has 0 aliphatic rings. The minimum absolute atomic E-state index is 0.0159. The number of aliphatic hydroxyl groups excluding tert-OH is 4. The maximum Gasteiger partial charge on any atom is 0.394 e. The molecule has 0 bridgehead atoms. The number of aldehydes is 1. The Morgan fingerprint density at radius 3 is 1.90 bits per heavy atom.